The van der Waals surface area contributed by atoms with Gasteiger partial charge in [0, 0.05) is 29.3 Å². The number of nitrogens with zero attached hydrogens (tertiary/aromatic N) is 5. The molecule has 11 heteroatoms. The quantitative estimate of drug-likeness (QED) is 0.328. The highest BCUT2D eigenvalue weighted by molar-refractivity contribution is 7.19. The zero-order valence-corrected chi connectivity index (χ0v) is 18.5. The molecule has 32 heavy (non-hydrogen) atoms. The summed E-state index contributed by atoms with van der Waals surface area (Å²) in [7, 11) is 0. The van der Waals surface area contributed by atoms with Crippen LogP contribution in [0, 0.1) is 17.0 Å². The number of rotatable bonds is 7. The summed E-state index contributed by atoms with van der Waals surface area (Å²) in [6.45, 7) is 5.88. The summed E-state index contributed by atoms with van der Waals surface area (Å²) >= 11 is 1.40. The predicted molar refractivity (Wildman–Crippen MR) is 120 cm³/mol. The number of ether oxygens (including phenoxy) is 1. The van der Waals surface area contributed by atoms with Crippen molar-refractivity contribution >= 4 is 33.6 Å². The number of carbonyl (C=O) groups is 1. The molecule has 10 nitrogen and oxygen atoms in total. The second-order valence-corrected chi connectivity index (χ2v) is 7.88. The van der Waals surface area contributed by atoms with Crippen LogP contribution in [0.2, 0.25) is 0 Å². The molecule has 0 aliphatic rings. The van der Waals surface area contributed by atoms with E-state index in [-0.39, 0.29) is 23.6 Å². The van der Waals surface area contributed by atoms with Gasteiger partial charge in [-0.1, -0.05) is 30.4 Å². The second-order valence-electron chi connectivity index (χ2n) is 6.93. The molecular weight excluding hydrogens is 432 g/mol. The number of anilines is 1. The van der Waals surface area contributed by atoms with Crippen LogP contribution in [-0.4, -0.2) is 37.2 Å². The third-order valence-corrected chi connectivity index (χ3v) is 5.77. The van der Waals surface area contributed by atoms with Crippen LogP contribution in [0.25, 0.3) is 15.5 Å². The molecule has 0 aliphatic heterocycles. The first-order chi connectivity index (χ1) is 15.4. The molecule has 1 amide bonds. The van der Waals surface area contributed by atoms with Gasteiger partial charge in [0.15, 0.2) is 11.6 Å². The molecule has 164 valence electrons. The molecule has 0 unspecified atom stereocenters. The van der Waals surface area contributed by atoms with E-state index in [9.17, 15) is 14.9 Å². The Morgan fingerprint density at radius 1 is 1.22 bits per heavy atom. The van der Waals surface area contributed by atoms with Gasteiger partial charge in [-0.3, -0.25) is 14.9 Å². The van der Waals surface area contributed by atoms with Crippen LogP contribution < -0.4 is 10.1 Å². The summed E-state index contributed by atoms with van der Waals surface area (Å²) in [5.74, 6) is 0.449. The van der Waals surface area contributed by atoms with Crippen LogP contribution in [0.3, 0.4) is 0 Å². The van der Waals surface area contributed by atoms with Gasteiger partial charge in [0.25, 0.3) is 5.91 Å². The van der Waals surface area contributed by atoms with Gasteiger partial charge in [0.1, 0.15) is 5.01 Å². The molecule has 2 aromatic carbocycles. The second kappa shape index (κ2) is 8.71. The van der Waals surface area contributed by atoms with Crippen LogP contribution in [0.15, 0.2) is 36.4 Å². The van der Waals surface area contributed by atoms with Gasteiger partial charge in [-0.15, -0.1) is 10.2 Å². The minimum absolute atomic E-state index is 0.127. The lowest BCUT2D eigenvalue weighted by Gasteiger charge is -2.11. The minimum atomic E-state index is -0.564. The molecule has 2 aromatic heterocycles. The first-order valence-electron chi connectivity index (χ1n) is 9.96. The summed E-state index contributed by atoms with van der Waals surface area (Å²) in [6, 6.07) is 9.78. The third kappa shape index (κ3) is 4.02. The fourth-order valence-corrected chi connectivity index (χ4v) is 4.01. The fraction of sp³-hybridized carbons (Fsp3) is 0.238. The molecule has 0 spiro atoms. The number of amides is 1. The average molecular weight is 452 g/mol. The van der Waals surface area contributed by atoms with Gasteiger partial charge in [-0.05, 0) is 37.6 Å². The molecule has 0 bridgehead atoms. The molecule has 4 aromatic rings. The summed E-state index contributed by atoms with van der Waals surface area (Å²) in [5.41, 5.74) is 2.17. The third-order valence-electron chi connectivity index (χ3n) is 4.82. The Hall–Kier alpha value is -3.86. The minimum Gasteiger partial charge on any atom is -0.487 e. The molecule has 1 N–H and O–H groups in total. The number of nitro benzene ring substituents is 1. The van der Waals surface area contributed by atoms with Crippen LogP contribution in [-0.2, 0) is 6.42 Å². The Bertz CT molecular complexity index is 1330. The van der Waals surface area contributed by atoms with Gasteiger partial charge in [0.05, 0.1) is 11.5 Å². The highest BCUT2D eigenvalue weighted by Gasteiger charge is 2.19. The lowest BCUT2D eigenvalue weighted by molar-refractivity contribution is -0.385. The van der Waals surface area contributed by atoms with Gasteiger partial charge in [0.2, 0.25) is 4.96 Å². The lowest BCUT2D eigenvalue weighted by Crippen LogP contribution is -2.13. The van der Waals surface area contributed by atoms with E-state index in [0.29, 0.717) is 17.1 Å². The lowest BCUT2D eigenvalue weighted by atomic mass is 10.1. The number of fused-ring (bicyclic) bond motifs is 1. The number of hydrogen-bond donors (Lipinski definition) is 1. The fourth-order valence-electron chi connectivity index (χ4n) is 3.16. The van der Waals surface area contributed by atoms with E-state index in [1.165, 1.54) is 29.5 Å². The molecule has 0 radical (unpaired) electrons. The first kappa shape index (κ1) is 21.4. The monoisotopic (exact) mass is 452 g/mol. The normalized spacial score (nSPS) is 11.0. The molecule has 0 aliphatic carbocycles. The van der Waals surface area contributed by atoms with Crippen molar-refractivity contribution in [1.82, 2.24) is 19.8 Å². The topological polar surface area (TPSA) is 125 Å². The average Bonchev–Trinajstić information content (AvgIpc) is 3.36. The van der Waals surface area contributed by atoms with Crippen molar-refractivity contribution < 1.29 is 14.5 Å². The highest BCUT2D eigenvalue weighted by atomic mass is 32.1. The Labute approximate surface area is 187 Å². The maximum absolute atomic E-state index is 12.8. The number of aryl methyl sites for hydroxylation is 2. The zero-order valence-electron chi connectivity index (χ0n) is 17.7. The van der Waals surface area contributed by atoms with Crippen molar-refractivity contribution in [2.75, 3.05) is 11.9 Å². The van der Waals surface area contributed by atoms with Crippen molar-refractivity contribution in [3.63, 3.8) is 0 Å². The van der Waals surface area contributed by atoms with E-state index >= 15 is 0 Å². The van der Waals surface area contributed by atoms with Crippen molar-refractivity contribution in [1.29, 1.82) is 0 Å². The van der Waals surface area contributed by atoms with E-state index in [1.807, 2.05) is 32.0 Å². The molecule has 0 fully saturated rings. The van der Waals surface area contributed by atoms with E-state index < -0.39 is 10.8 Å². The van der Waals surface area contributed by atoms with E-state index in [0.717, 1.165) is 22.0 Å². The number of carbonyl (C=O) groups excluding carboxylic acids is 1. The predicted octanol–water partition coefficient (Wildman–Crippen LogP) is 4.28. The first-order valence-corrected chi connectivity index (χ1v) is 10.8. The van der Waals surface area contributed by atoms with Gasteiger partial charge >= 0.3 is 5.69 Å². The van der Waals surface area contributed by atoms with Gasteiger partial charge in [-0.2, -0.15) is 9.61 Å². The van der Waals surface area contributed by atoms with E-state index in [2.05, 4.69) is 20.6 Å². The maximum Gasteiger partial charge on any atom is 0.311 e. The number of nitro groups is 1. The molecule has 4 rings (SSSR count). The Morgan fingerprint density at radius 2 is 2.03 bits per heavy atom. The van der Waals surface area contributed by atoms with Gasteiger partial charge < -0.3 is 10.1 Å². The maximum atomic E-state index is 12.8. The van der Waals surface area contributed by atoms with Crippen LogP contribution >= 0.6 is 11.3 Å². The van der Waals surface area contributed by atoms with Crippen LogP contribution in [0.5, 0.6) is 5.75 Å². The number of nitrogens with one attached hydrogen (secondary N) is 1. The Balaban J connectivity index is 1.63. The van der Waals surface area contributed by atoms with Crippen molar-refractivity contribution in [3.8, 4) is 16.3 Å². The summed E-state index contributed by atoms with van der Waals surface area (Å²) in [4.78, 5) is 24.3. The van der Waals surface area contributed by atoms with Crippen LogP contribution in [0.4, 0.5) is 11.4 Å². The van der Waals surface area contributed by atoms with E-state index in [4.69, 9.17) is 4.74 Å². The van der Waals surface area contributed by atoms with Gasteiger partial charge in [-0.25, -0.2) is 0 Å². The molecule has 0 saturated carbocycles. The van der Waals surface area contributed by atoms with Crippen molar-refractivity contribution in [3.05, 3.63) is 63.5 Å². The smallest absolute Gasteiger partial charge is 0.311 e. The number of hydrogen-bond acceptors (Lipinski definition) is 8. The highest BCUT2D eigenvalue weighted by Crippen LogP contribution is 2.31. The molecular formula is C21H20N6O4S. The molecule has 0 saturated heterocycles. The van der Waals surface area contributed by atoms with E-state index in [1.54, 1.807) is 11.4 Å². The van der Waals surface area contributed by atoms with Crippen molar-refractivity contribution in [2.45, 2.75) is 27.2 Å². The standard InChI is InChI=1S/C21H20N6O4S/c1-4-18-23-24-21-26(18)25-20(32-21)14-7-6-12(3)15(10-14)22-19(28)13-8-9-17(31-5-2)16(11-13)27(29)30/h6-11H,4-5H2,1-3H3,(H,22,28). The largest absolute Gasteiger partial charge is 0.487 e. The molecule has 0 atom stereocenters. The summed E-state index contributed by atoms with van der Waals surface area (Å²) in [6.07, 6.45) is 0.716. The van der Waals surface area contributed by atoms with Crippen LogP contribution in [0.1, 0.15) is 35.6 Å². The number of aromatic nitrogens is 4. The number of benzene rings is 2. The Morgan fingerprint density at radius 3 is 2.75 bits per heavy atom. The summed E-state index contributed by atoms with van der Waals surface area (Å²) < 4.78 is 7.00. The van der Waals surface area contributed by atoms with Crippen molar-refractivity contribution in [2.24, 2.45) is 0 Å². The zero-order chi connectivity index (χ0) is 22.8. The molecule has 2 heterocycles. The SMILES string of the molecule is CCOc1ccc(C(=O)Nc2cc(-c3nn4c(CC)nnc4s3)ccc2C)cc1[N+](=O)[O-]. The Kier molecular flexibility index (Phi) is 5.82. The summed E-state index contributed by atoms with van der Waals surface area (Å²) in [5, 5.41) is 27.8.